The summed E-state index contributed by atoms with van der Waals surface area (Å²) >= 11 is 0. The van der Waals surface area contributed by atoms with Crippen LogP contribution < -0.4 is 5.43 Å². The van der Waals surface area contributed by atoms with Crippen LogP contribution >= 0.6 is 0 Å². The maximum atomic E-state index is 13.7. The zero-order chi connectivity index (χ0) is 24.5. The predicted octanol–water partition coefficient (Wildman–Crippen LogP) is 6.23. The smallest absolute Gasteiger partial charge is 0.267 e. The second-order valence-electron chi connectivity index (χ2n) is 8.75. The molecule has 0 aliphatic carbocycles. The molecule has 0 fully saturated rings. The molecule has 3 aromatic rings. The fraction of sp³-hybridized carbons (Fsp3) is 0.267. The summed E-state index contributed by atoms with van der Waals surface area (Å²) in [5.74, 6) is -0.514. The van der Waals surface area contributed by atoms with E-state index in [0.29, 0.717) is 24.0 Å². The van der Waals surface area contributed by atoms with Crippen LogP contribution in [0.1, 0.15) is 62.7 Å². The first-order valence-electron chi connectivity index (χ1n) is 11.9. The van der Waals surface area contributed by atoms with E-state index >= 15 is 0 Å². The van der Waals surface area contributed by atoms with Crippen LogP contribution in [0.4, 0.5) is 0 Å². The molecule has 0 saturated heterocycles. The van der Waals surface area contributed by atoms with Crippen LogP contribution in [0.5, 0.6) is 0 Å². The predicted molar refractivity (Wildman–Crippen MR) is 139 cm³/mol. The molecule has 4 nitrogen and oxygen atoms in total. The van der Waals surface area contributed by atoms with Gasteiger partial charge in [0.1, 0.15) is 0 Å². The Morgan fingerprint density at radius 3 is 2.15 bits per heavy atom. The van der Waals surface area contributed by atoms with Gasteiger partial charge in [0.05, 0.1) is 6.04 Å². The van der Waals surface area contributed by atoms with Crippen LogP contribution in [0, 0.1) is 13.8 Å². The minimum atomic E-state index is -0.297. The van der Waals surface area contributed by atoms with E-state index in [0.717, 1.165) is 29.5 Å². The molecular formula is C30H34N2O2. The van der Waals surface area contributed by atoms with Crippen molar-refractivity contribution in [2.24, 2.45) is 0 Å². The van der Waals surface area contributed by atoms with E-state index < -0.39 is 0 Å². The maximum absolute atomic E-state index is 13.7. The number of nitrogens with zero attached hydrogens (tertiary/aromatic N) is 1. The van der Waals surface area contributed by atoms with Crippen molar-refractivity contribution in [3.8, 4) is 0 Å². The highest BCUT2D eigenvalue weighted by atomic mass is 16.2. The van der Waals surface area contributed by atoms with E-state index in [-0.39, 0.29) is 17.9 Å². The van der Waals surface area contributed by atoms with Crippen molar-refractivity contribution in [2.45, 2.75) is 52.5 Å². The molecule has 0 spiro atoms. The number of hydrogen-bond donors (Lipinski definition) is 1. The van der Waals surface area contributed by atoms with Crippen LogP contribution in [-0.2, 0) is 12.8 Å². The first kappa shape index (κ1) is 25.0. The van der Waals surface area contributed by atoms with Crippen molar-refractivity contribution >= 4 is 11.8 Å². The summed E-state index contributed by atoms with van der Waals surface area (Å²) in [6.45, 7) is 9.92. The number of aryl methyl sites for hydroxylation is 4. The number of carbonyl (C=O) groups excluding carboxylic acids is 2. The van der Waals surface area contributed by atoms with Gasteiger partial charge in [0, 0.05) is 11.1 Å². The largest absolute Gasteiger partial charge is 0.272 e. The van der Waals surface area contributed by atoms with Gasteiger partial charge in [-0.05, 0) is 74.9 Å². The topological polar surface area (TPSA) is 49.4 Å². The van der Waals surface area contributed by atoms with Crippen LogP contribution in [0.2, 0.25) is 0 Å². The molecule has 4 heteroatoms. The number of benzene rings is 3. The zero-order valence-corrected chi connectivity index (χ0v) is 20.4. The van der Waals surface area contributed by atoms with Gasteiger partial charge in [0.15, 0.2) is 0 Å². The first-order valence-corrected chi connectivity index (χ1v) is 11.9. The molecule has 2 amide bonds. The second kappa shape index (κ2) is 12.0. The van der Waals surface area contributed by atoms with Crippen LogP contribution in [-0.4, -0.2) is 22.9 Å². The number of hydrogen-bond acceptors (Lipinski definition) is 2. The lowest BCUT2D eigenvalue weighted by Crippen LogP contribution is -2.52. The SMILES string of the molecule is C=CC[C@@H](CCc1ccccc1)N(NC(=O)c1ccc(CC)cc1)C(=O)c1cc(C)cc(C)c1. The molecule has 0 radical (unpaired) electrons. The van der Waals surface area contributed by atoms with Gasteiger partial charge in [-0.1, -0.05) is 72.7 Å². The van der Waals surface area contributed by atoms with E-state index in [1.54, 1.807) is 18.2 Å². The van der Waals surface area contributed by atoms with E-state index in [4.69, 9.17) is 0 Å². The minimum absolute atomic E-state index is 0.217. The molecule has 176 valence electrons. The lowest BCUT2D eigenvalue weighted by Gasteiger charge is -2.32. The number of hydrazine groups is 1. The standard InChI is InChI=1S/C30H34N2O2/c1-5-10-28(18-15-25-11-8-7-9-12-25)32(30(34)27-20-22(3)19-23(4)21-27)31-29(33)26-16-13-24(6-2)14-17-26/h5,7-9,11-14,16-17,19-21,28H,1,6,10,15,18H2,2-4H3,(H,31,33)/t28-/m0/s1. The molecule has 0 bridgehead atoms. The van der Waals surface area contributed by atoms with Gasteiger partial charge in [0.2, 0.25) is 0 Å². The van der Waals surface area contributed by atoms with Gasteiger partial charge in [-0.2, -0.15) is 0 Å². The molecule has 0 aromatic heterocycles. The van der Waals surface area contributed by atoms with Crippen LogP contribution in [0.25, 0.3) is 0 Å². The lowest BCUT2D eigenvalue weighted by atomic mass is 10.0. The summed E-state index contributed by atoms with van der Waals surface area (Å²) in [5.41, 5.74) is 8.38. The Hall–Kier alpha value is -3.66. The summed E-state index contributed by atoms with van der Waals surface area (Å²) in [4.78, 5) is 26.9. The fourth-order valence-electron chi connectivity index (χ4n) is 4.13. The van der Waals surface area contributed by atoms with Crippen molar-refractivity contribution in [3.63, 3.8) is 0 Å². The molecule has 1 atom stereocenters. The third kappa shape index (κ3) is 6.67. The highest BCUT2D eigenvalue weighted by Crippen LogP contribution is 2.18. The highest BCUT2D eigenvalue weighted by Gasteiger charge is 2.27. The molecular weight excluding hydrogens is 420 g/mol. The number of amides is 2. The van der Waals surface area contributed by atoms with Gasteiger partial charge in [-0.15, -0.1) is 6.58 Å². The van der Waals surface area contributed by atoms with E-state index in [1.807, 2.05) is 62.4 Å². The van der Waals surface area contributed by atoms with E-state index in [2.05, 4.69) is 31.1 Å². The Balaban J connectivity index is 1.91. The molecule has 0 unspecified atom stereocenters. The molecule has 0 aliphatic rings. The Bertz CT molecular complexity index is 1100. The van der Waals surface area contributed by atoms with Gasteiger partial charge in [-0.3, -0.25) is 15.0 Å². The normalized spacial score (nSPS) is 11.5. The average molecular weight is 455 g/mol. The molecule has 0 heterocycles. The van der Waals surface area contributed by atoms with Crippen LogP contribution in [0.15, 0.2) is 85.5 Å². The number of rotatable bonds is 9. The lowest BCUT2D eigenvalue weighted by molar-refractivity contribution is 0.0470. The van der Waals surface area contributed by atoms with Crippen molar-refractivity contribution in [1.29, 1.82) is 0 Å². The Morgan fingerprint density at radius 1 is 0.912 bits per heavy atom. The van der Waals surface area contributed by atoms with Gasteiger partial charge >= 0.3 is 0 Å². The quantitative estimate of drug-likeness (QED) is 0.308. The fourth-order valence-corrected chi connectivity index (χ4v) is 4.13. The zero-order valence-electron chi connectivity index (χ0n) is 20.4. The summed E-state index contributed by atoms with van der Waals surface area (Å²) in [5, 5.41) is 1.51. The Labute approximate surface area is 203 Å². The van der Waals surface area contributed by atoms with Crippen LogP contribution in [0.3, 0.4) is 0 Å². The van der Waals surface area contributed by atoms with Crippen molar-refractivity contribution in [2.75, 3.05) is 0 Å². The first-order chi connectivity index (χ1) is 16.4. The minimum Gasteiger partial charge on any atom is -0.267 e. The van der Waals surface area contributed by atoms with Gasteiger partial charge < -0.3 is 0 Å². The van der Waals surface area contributed by atoms with Crippen molar-refractivity contribution < 1.29 is 9.59 Å². The van der Waals surface area contributed by atoms with Crippen molar-refractivity contribution in [1.82, 2.24) is 10.4 Å². The molecule has 34 heavy (non-hydrogen) atoms. The van der Waals surface area contributed by atoms with Gasteiger partial charge in [0.25, 0.3) is 11.8 Å². The third-order valence-corrected chi connectivity index (χ3v) is 5.95. The molecule has 1 N–H and O–H groups in total. The molecule has 0 saturated carbocycles. The van der Waals surface area contributed by atoms with E-state index in [1.165, 1.54) is 10.6 Å². The van der Waals surface area contributed by atoms with Gasteiger partial charge in [-0.25, -0.2) is 5.01 Å². The number of nitrogens with one attached hydrogen (secondary N) is 1. The highest BCUT2D eigenvalue weighted by molar-refractivity contribution is 5.99. The molecule has 3 rings (SSSR count). The summed E-state index contributed by atoms with van der Waals surface area (Å²) in [7, 11) is 0. The van der Waals surface area contributed by atoms with E-state index in [9.17, 15) is 9.59 Å². The third-order valence-electron chi connectivity index (χ3n) is 5.95. The molecule has 3 aromatic carbocycles. The Morgan fingerprint density at radius 2 is 1.56 bits per heavy atom. The summed E-state index contributed by atoms with van der Waals surface area (Å²) in [6.07, 6.45) is 4.76. The second-order valence-corrected chi connectivity index (χ2v) is 8.75. The monoisotopic (exact) mass is 454 g/mol. The summed E-state index contributed by atoms with van der Waals surface area (Å²) in [6, 6.07) is 23.2. The Kier molecular flexibility index (Phi) is 8.80. The molecule has 0 aliphatic heterocycles. The summed E-state index contributed by atoms with van der Waals surface area (Å²) < 4.78 is 0. The maximum Gasteiger partial charge on any atom is 0.272 e. The van der Waals surface area contributed by atoms with Crippen molar-refractivity contribution in [3.05, 3.63) is 119 Å². The number of carbonyl (C=O) groups is 2. The average Bonchev–Trinajstić information content (AvgIpc) is 2.85.